The molecule has 3 heterocycles. The molecule has 0 aliphatic carbocycles. The van der Waals surface area contributed by atoms with Crippen LogP contribution in [0.2, 0.25) is 0 Å². The first-order chi connectivity index (χ1) is 15.7. The Balaban J connectivity index is 1.68. The van der Waals surface area contributed by atoms with Crippen LogP contribution < -0.4 is 5.32 Å². The standard InChI is InChI=1S/C24H20F3N5O/c1-4-21-29-12-15-9-19(14(3)30-22(15)32-21)18-11-17(6-5-13(18)2)31-23(33)20-10-16(7-8-28-20)24(25,26)27/h5-12H,4H2,1-3H3,(H,31,33). The molecule has 0 saturated heterocycles. The summed E-state index contributed by atoms with van der Waals surface area (Å²) in [5, 5.41) is 3.42. The summed E-state index contributed by atoms with van der Waals surface area (Å²) in [6.07, 6.45) is -1.15. The number of amides is 1. The molecular weight excluding hydrogens is 431 g/mol. The van der Waals surface area contributed by atoms with Gasteiger partial charge in [-0.3, -0.25) is 9.78 Å². The zero-order chi connectivity index (χ0) is 23.8. The Kier molecular flexibility index (Phi) is 5.80. The minimum atomic E-state index is -4.56. The molecule has 0 spiro atoms. The Labute approximate surface area is 188 Å². The van der Waals surface area contributed by atoms with Crippen molar-refractivity contribution in [1.29, 1.82) is 0 Å². The largest absolute Gasteiger partial charge is 0.416 e. The number of halogens is 3. The Morgan fingerprint density at radius 2 is 1.79 bits per heavy atom. The lowest BCUT2D eigenvalue weighted by Crippen LogP contribution is -2.15. The van der Waals surface area contributed by atoms with Crippen LogP contribution in [0.15, 0.2) is 48.8 Å². The Bertz CT molecular complexity index is 1370. The van der Waals surface area contributed by atoms with E-state index in [1.54, 1.807) is 18.3 Å². The number of hydrogen-bond donors (Lipinski definition) is 1. The van der Waals surface area contributed by atoms with Crippen LogP contribution in [-0.4, -0.2) is 25.8 Å². The van der Waals surface area contributed by atoms with Gasteiger partial charge in [-0.1, -0.05) is 13.0 Å². The molecule has 1 amide bonds. The van der Waals surface area contributed by atoms with E-state index in [-0.39, 0.29) is 5.69 Å². The lowest BCUT2D eigenvalue weighted by atomic mass is 9.98. The maximum Gasteiger partial charge on any atom is 0.416 e. The van der Waals surface area contributed by atoms with Crippen LogP contribution in [0, 0.1) is 13.8 Å². The van der Waals surface area contributed by atoms with E-state index in [0.717, 1.165) is 46.1 Å². The van der Waals surface area contributed by atoms with Crippen molar-refractivity contribution in [2.75, 3.05) is 5.32 Å². The van der Waals surface area contributed by atoms with Crippen molar-refractivity contribution < 1.29 is 18.0 Å². The Morgan fingerprint density at radius 3 is 2.52 bits per heavy atom. The van der Waals surface area contributed by atoms with E-state index in [4.69, 9.17) is 0 Å². The highest BCUT2D eigenvalue weighted by Gasteiger charge is 2.31. The Morgan fingerprint density at radius 1 is 1.00 bits per heavy atom. The Hall–Kier alpha value is -3.88. The average molecular weight is 451 g/mol. The molecular formula is C24H20F3N5O. The fourth-order valence-electron chi connectivity index (χ4n) is 3.45. The van der Waals surface area contributed by atoms with Crippen molar-refractivity contribution >= 4 is 22.6 Å². The molecule has 33 heavy (non-hydrogen) atoms. The highest BCUT2D eigenvalue weighted by Crippen LogP contribution is 2.31. The normalized spacial score (nSPS) is 11.6. The zero-order valence-corrected chi connectivity index (χ0v) is 18.2. The summed E-state index contributed by atoms with van der Waals surface area (Å²) in [4.78, 5) is 29.7. The third-order valence-corrected chi connectivity index (χ3v) is 5.23. The second-order valence-electron chi connectivity index (χ2n) is 7.59. The molecule has 4 rings (SSSR count). The first-order valence-corrected chi connectivity index (χ1v) is 10.2. The highest BCUT2D eigenvalue weighted by molar-refractivity contribution is 6.03. The van der Waals surface area contributed by atoms with Crippen LogP contribution in [0.3, 0.4) is 0 Å². The van der Waals surface area contributed by atoms with Crippen molar-refractivity contribution in [1.82, 2.24) is 19.9 Å². The fourth-order valence-corrected chi connectivity index (χ4v) is 3.45. The van der Waals surface area contributed by atoms with Gasteiger partial charge in [0, 0.05) is 41.1 Å². The van der Waals surface area contributed by atoms with Gasteiger partial charge < -0.3 is 5.32 Å². The molecule has 1 N–H and O–H groups in total. The van der Waals surface area contributed by atoms with Crippen LogP contribution in [0.5, 0.6) is 0 Å². The number of nitrogens with zero attached hydrogens (tertiary/aromatic N) is 4. The summed E-state index contributed by atoms with van der Waals surface area (Å²) >= 11 is 0. The summed E-state index contributed by atoms with van der Waals surface area (Å²) < 4.78 is 38.9. The zero-order valence-electron chi connectivity index (χ0n) is 18.2. The smallest absolute Gasteiger partial charge is 0.321 e. The lowest BCUT2D eigenvalue weighted by Gasteiger charge is -2.13. The topological polar surface area (TPSA) is 80.7 Å². The molecule has 168 valence electrons. The third-order valence-electron chi connectivity index (χ3n) is 5.23. The van der Waals surface area contributed by atoms with E-state index < -0.39 is 17.6 Å². The van der Waals surface area contributed by atoms with Crippen LogP contribution in [0.25, 0.3) is 22.2 Å². The molecule has 0 saturated carbocycles. The maximum absolute atomic E-state index is 13.0. The van der Waals surface area contributed by atoms with E-state index in [1.165, 1.54) is 0 Å². The second-order valence-corrected chi connectivity index (χ2v) is 7.59. The fraction of sp³-hybridized carbons (Fsp3) is 0.208. The van der Waals surface area contributed by atoms with Crippen molar-refractivity contribution in [3.63, 3.8) is 0 Å². The minimum Gasteiger partial charge on any atom is -0.321 e. The van der Waals surface area contributed by atoms with Gasteiger partial charge in [-0.05, 0) is 55.3 Å². The molecule has 0 aliphatic heterocycles. The molecule has 0 atom stereocenters. The third kappa shape index (κ3) is 4.67. The van der Waals surface area contributed by atoms with E-state index in [9.17, 15) is 18.0 Å². The number of pyridine rings is 2. The molecule has 0 fully saturated rings. The number of benzene rings is 1. The van der Waals surface area contributed by atoms with Gasteiger partial charge in [0.25, 0.3) is 5.91 Å². The van der Waals surface area contributed by atoms with Crippen molar-refractivity contribution in [3.05, 3.63) is 77.1 Å². The van der Waals surface area contributed by atoms with E-state index >= 15 is 0 Å². The van der Waals surface area contributed by atoms with Gasteiger partial charge in [0.2, 0.25) is 0 Å². The van der Waals surface area contributed by atoms with E-state index in [2.05, 4.69) is 25.3 Å². The minimum absolute atomic E-state index is 0.320. The second kappa shape index (κ2) is 8.57. The van der Waals surface area contributed by atoms with Gasteiger partial charge in [-0.15, -0.1) is 0 Å². The van der Waals surface area contributed by atoms with Crippen LogP contribution in [0.4, 0.5) is 18.9 Å². The number of nitrogens with one attached hydrogen (secondary N) is 1. The monoisotopic (exact) mass is 451 g/mol. The van der Waals surface area contributed by atoms with E-state index in [1.807, 2.05) is 32.9 Å². The molecule has 6 nitrogen and oxygen atoms in total. The van der Waals surface area contributed by atoms with E-state index in [0.29, 0.717) is 23.6 Å². The molecule has 0 aliphatic rings. The number of rotatable bonds is 4. The van der Waals surface area contributed by atoms with Crippen LogP contribution >= 0.6 is 0 Å². The highest BCUT2D eigenvalue weighted by atomic mass is 19.4. The van der Waals surface area contributed by atoms with Gasteiger partial charge in [0.1, 0.15) is 11.5 Å². The molecule has 0 bridgehead atoms. The number of aryl methyl sites for hydroxylation is 3. The number of fused-ring (bicyclic) bond motifs is 1. The lowest BCUT2D eigenvalue weighted by molar-refractivity contribution is -0.137. The number of hydrogen-bond acceptors (Lipinski definition) is 5. The number of alkyl halides is 3. The van der Waals surface area contributed by atoms with Gasteiger partial charge in [0.05, 0.1) is 5.56 Å². The average Bonchev–Trinajstić information content (AvgIpc) is 2.79. The molecule has 0 radical (unpaired) electrons. The quantitative estimate of drug-likeness (QED) is 0.441. The molecule has 0 unspecified atom stereocenters. The number of carbonyl (C=O) groups excluding carboxylic acids is 1. The van der Waals surface area contributed by atoms with Crippen molar-refractivity contribution in [2.24, 2.45) is 0 Å². The summed E-state index contributed by atoms with van der Waals surface area (Å²) in [6.45, 7) is 5.77. The maximum atomic E-state index is 13.0. The summed E-state index contributed by atoms with van der Waals surface area (Å²) in [5.41, 5.74) is 3.17. The molecule has 1 aromatic carbocycles. The van der Waals surface area contributed by atoms with Gasteiger partial charge in [0.15, 0.2) is 5.65 Å². The summed E-state index contributed by atoms with van der Waals surface area (Å²) in [7, 11) is 0. The van der Waals surface area contributed by atoms with Crippen LogP contribution in [-0.2, 0) is 12.6 Å². The SMILES string of the molecule is CCc1ncc2cc(-c3cc(NC(=O)c4cc(C(F)(F)F)ccn4)ccc3C)c(C)nc2n1. The number of carbonyl (C=O) groups is 1. The van der Waals surface area contributed by atoms with Crippen molar-refractivity contribution in [2.45, 2.75) is 33.4 Å². The predicted molar refractivity (Wildman–Crippen MR) is 119 cm³/mol. The van der Waals surface area contributed by atoms with Gasteiger partial charge in [-0.25, -0.2) is 15.0 Å². The number of aromatic nitrogens is 4. The summed E-state index contributed by atoms with van der Waals surface area (Å²) in [6, 6.07) is 8.77. The number of anilines is 1. The van der Waals surface area contributed by atoms with Gasteiger partial charge in [-0.2, -0.15) is 13.2 Å². The summed E-state index contributed by atoms with van der Waals surface area (Å²) in [5.74, 6) is -0.0176. The van der Waals surface area contributed by atoms with Crippen molar-refractivity contribution in [3.8, 4) is 11.1 Å². The first-order valence-electron chi connectivity index (χ1n) is 10.2. The van der Waals surface area contributed by atoms with Gasteiger partial charge >= 0.3 is 6.18 Å². The molecule has 4 aromatic rings. The molecule has 9 heteroatoms. The first kappa shape index (κ1) is 22.3. The van der Waals surface area contributed by atoms with Crippen LogP contribution in [0.1, 0.15) is 40.1 Å². The molecule has 3 aromatic heterocycles. The predicted octanol–water partition coefficient (Wildman–Crippen LogP) is 5.54.